The Labute approximate surface area is 204 Å². The molecule has 0 aliphatic heterocycles. The van der Waals surface area contributed by atoms with Crippen molar-refractivity contribution in [3.8, 4) is 11.6 Å². The first-order valence-electron chi connectivity index (χ1n) is 10.0. The lowest BCUT2D eigenvalue weighted by molar-refractivity contribution is -0.143. The normalized spacial score (nSPS) is 11.9. The van der Waals surface area contributed by atoms with Gasteiger partial charge in [-0.1, -0.05) is 23.7 Å². The van der Waals surface area contributed by atoms with Crippen molar-refractivity contribution in [3.05, 3.63) is 98.6 Å². The summed E-state index contributed by atoms with van der Waals surface area (Å²) in [6, 6.07) is 14.7. The van der Waals surface area contributed by atoms with Crippen LogP contribution < -0.4 is 15.9 Å². The molecule has 0 aliphatic carbocycles. The highest BCUT2D eigenvalue weighted by Crippen LogP contribution is 2.24. The van der Waals surface area contributed by atoms with Gasteiger partial charge in [0.1, 0.15) is 5.75 Å². The van der Waals surface area contributed by atoms with Gasteiger partial charge in [0, 0.05) is 11.1 Å². The van der Waals surface area contributed by atoms with Crippen molar-refractivity contribution in [2.45, 2.75) is 12.7 Å². The summed E-state index contributed by atoms with van der Waals surface area (Å²) in [5.41, 5.74) is -2.64. The number of carboxylic acid groups (broad SMARTS) is 1. The summed E-state index contributed by atoms with van der Waals surface area (Å²) in [5.74, 6) is -0.884. The molecule has 0 atom stereocenters. The van der Waals surface area contributed by atoms with Gasteiger partial charge >= 0.3 is 12.1 Å². The molecule has 0 saturated carbocycles. The first-order valence-corrected chi connectivity index (χ1v) is 10.4. The maximum Gasteiger partial charge on any atom is 0.440 e. The van der Waals surface area contributed by atoms with Gasteiger partial charge in [0.25, 0.3) is 5.56 Å². The van der Waals surface area contributed by atoms with Crippen LogP contribution in [0.4, 0.5) is 18.9 Å². The number of aromatic nitrogens is 5. The standard InChI is InChI=1S/C22H14ClF3N6O4/c23-13-3-1-12(2-4-13)11-32-19(33)18(22(24,25)26)30-31-21(32)27-14-5-7-15(8-6-14)36-17-10-9-16(20(34)35)28-29-17/h1-10H,11H2,(H,27,31)(H,34,35). The zero-order valence-electron chi connectivity index (χ0n) is 17.9. The monoisotopic (exact) mass is 518 g/mol. The lowest BCUT2D eigenvalue weighted by Gasteiger charge is -2.11. The molecule has 0 spiro atoms. The number of hydrogen-bond acceptors (Lipinski definition) is 7. The zero-order chi connectivity index (χ0) is 25.9. The molecule has 2 N–H and O–H groups in total. The fourth-order valence-electron chi connectivity index (χ4n) is 2.95. The summed E-state index contributed by atoms with van der Waals surface area (Å²) >= 11 is 5.86. The van der Waals surface area contributed by atoms with Gasteiger partial charge in [0.05, 0.1) is 12.2 Å². The summed E-state index contributed by atoms with van der Waals surface area (Å²) in [7, 11) is 0. The molecular weight excluding hydrogens is 505 g/mol. The van der Waals surface area contributed by atoms with Crippen LogP contribution in [0.5, 0.6) is 11.6 Å². The minimum atomic E-state index is -4.96. The van der Waals surface area contributed by atoms with Crippen molar-refractivity contribution < 1.29 is 27.8 Å². The van der Waals surface area contributed by atoms with Crippen molar-refractivity contribution in [2.75, 3.05) is 0 Å². The minimum absolute atomic E-state index is 0.0433. The molecule has 14 heteroatoms. The molecule has 2 aromatic heterocycles. The number of carbonyl (C=O) groups is 1. The first-order chi connectivity index (χ1) is 17.1. The van der Waals surface area contributed by atoms with E-state index in [1.807, 2.05) is 0 Å². The van der Waals surface area contributed by atoms with E-state index in [1.165, 1.54) is 36.4 Å². The van der Waals surface area contributed by atoms with Crippen LogP contribution in [-0.2, 0) is 12.7 Å². The molecule has 0 unspecified atom stereocenters. The van der Waals surface area contributed by atoms with Gasteiger partial charge in [-0.3, -0.25) is 9.36 Å². The predicted octanol–water partition coefficient (Wildman–Crippen LogP) is 3.80. The second-order valence-electron chi connectivity index (χ2n) is 7.18. The van der Waals surface area contributed by atoms with E-state index >= 15 is 0 Å². The Morgan fingerprint density at radius 2 is 1.75 bits per heavy atom. The minimum Gasteiger partial charge on any atom is -0.476 e. The molecule has 184 valence electrons. The molecule has 2 aromatic carbocycles. The van der Waals surface area contributed by atoms with E-state index in [2.05, 4.69) is 25.4 Å². The van der Waals surface area contributed by atoms with Crippen LogP contribution >= 0.6 is 11.6 Å². The summed E-state index contributed by atoms with van der Waals surface area (Å²) in [4.78, 5) is 27.7. The smallest absolute Gasteiger partial charge is 0.440 e. The number of rotatable bonds is 6. The third-order valence-electron chi connectivity index (χ3n) is 4.65. The van der Waals surface area contributed by atoms with Crippen LogP contribution in [0.3, 0.4) is 0 Å². The Morgan fingerprint density at radius 3 is 2.33 bits per heavy atom. The van der Waals surface area contributed by atoms with E-state index in [4.69, 9.17) is 21.4 Å². The van der Waals surface area contributed by atoms with E-state index in [-0.39, 0.29) is 29.4 Å². The highest BCUT2D eigenvalue weighted by Gasteiger charge is 2.37. The summed E-state index contributed by atoms with van der Waals surface area (Å²) in [5, 5.41) is 21.8. The molecule has 0 radical (unpaired) electrons. The molecule has 2 heterocycles. The van der Waals surface area contributed by atoms with Gasteiger partial charge in [0.2, 0.25) is 17.2 Å². The average Bonchev–Trinajstić information content (AvgIpc) is 2.83. The Bertz CT molecular complexity index is 1520. The Balaban J connectivity index is 1.66. The number of ether oxygens (including phenoxy) is 1. The van der Waals surface area contributed by atoms with Gasteiger partial charge < -0.3 is 9.84 Å². The van der Waals surface area contributed by atoms with E-state index < -0.39 is 23.4 Å². The number of nitrogens with one attached hydrogen (secondary N) is 1. The lowest BCUT2D eigenvalue weighted by atomic mass is 10.2. The van der Waals surface area contributed by atoms with Crippen molar-refractivity contribution in [2.24, 2.45) is 4.99 Å². The maximum absolute atomic E-state index is 13.3. The first kappa shape index (κ1) is 24.6. The van der Waals surface area contributed by atoms with E-state index in [0.717, 1.165) is 4.57 Å². The number of aromatic amines is 1. The molecule has 10 nitrogen and oxygen atoms in total. The van der Waals surface area contributed by atoms with E-state index in [9.17, 15) is 22.8 Å². The third-order valence-corrected chi connectivity index (χ3v) is 4.90. The number of aromatic carboxylic acids is 1. The number of H-pyrrole nitrogens is 1. The molecule has 4 aromatic rings. The number of benzene rings is 2. The van der Waals surface area contributed by atoms with Crippen molar-refractivity contribution in [1.29, 1.82) is 0 Å². The van der Waals surface area contributed by atoms with Gasteiger partial charge in [-0.05, 0) is 48.0 Å². The van der Waals surface area contributed by atoms with Crippen LogP contribution in [0, 0.1) is 0 Å². The van der Waals surface area contributed by atoms with Gasteiger partial charge in [-0.25, -0.2) is 14.9 Å². The van der Waals surface area contributed by atoms with Gasteiger partial charge in [-0.2, -0.15) is 18.3 Å². The zero-order valence-corrected chi connectivity index (χ0v) is 18.7. The fraction of sp³-hybridized carbons (Fsp3) is 0.0909. The second kappa shape index (κ2) is 10.00. The van der Waals surface area contributed by atoms with Gasteiger partial charge in [-0.15, -0.1) is 10.2 Å². The van der Waals surface area contributed by atoms with Crippen LogP contribution in [0.2, 0.25) is 5.02 Å². The Kier molecular flexibility index (Phi) is 6.83. The van der Waals surface area contributed by atoms with E-state index in [0.29, 0.717) is 16.3 Å². The summed E-state index contributed by atoms with van der Waals surface area (Å²) in [6.45, 7) is -0.219. The van der Waals surface area contributed by atoms with Crippen LogP contribution in [0.1, 0.15) is 21.7 Å². The highest BCUT2D eigenvalue weighted by atomic mass is 35.5. The van der Waals surface area contributed by atoms with Crippen LogP contribution in [0.15, 0.2) is 70.5 Å². The average molecular weight is 519 g/mol. The number of hydrogen-bond donors (Lipinski definition) is 2. The molecular formula is C22H14ClF3N6O4. The molecule has 0 amide bonds. The topological polar surface area (TPSA) is 135 Å². The quantitative estimate of drug-likeness (QED) is 0.396. The van der Waals surface area contributed by atoms with Crippen LogP contribution in [0.25, 0.3) is 0 Å². The number of halogens is 4. The number of alkyl halides is 3. The Morgan fingerprint density at radius 1 is 1.06 bits per heavy atom. The molecule has 0 saturated heterocycles. The number of nitrogens with zero attached hydrogens (tertiary/aromatic N) is 5. The highest BCUT2D eigenvalue weighted by molar-refractivity contribution is 6.30. The second-order valence-corrected chi connectivity index (χ2v) is 7.62. The lowest BCUT2D eigenvalue weighted by Crippen LogP contribution is -2.41. The fourth-order valence-corrected chi connectivity index (χ4v) is 3.07. The summed E-state index contributed by atoms with van der Waals surface area (Å²) in [6.07, 6.45) is -4.96. The van der Waals surface area contributed by atoms with E-state index in [1.54, 1.807) is 24.3 Å². The van der Waals surface area contributed by atoms with Gasteiger partial charge in [0.15, 0.2) is 5.69 Å². The molecule has 0 aliphatic rings. The molecule has 0 fully saturated rings. The third kappa shape index (κ3) is 5.75. The molecule has 4 rings (SSSR count). The SMILES string of the molecule is O=C(O)c1ccc(Oc2ccc(/N=c3\[nH]nc(C(F)(F)F)c(=O)n3Cc3ccc(Cl)cc3)cc2)nn1. The van der Waals surface area contributed by atoms with Crippen molar-refractivity contribution in [1.82, 2.24) is 25.0 Å². The maximum atomic E-state index is 13.3. The molecule has 0 bridgehead atoms. The largest absolute Gasteiger partial charge is 0.476 e. The van der Waals surface area contributed by atoms with Crippen molar-refractivity contribution in [3.63, 3.8) is 0 Å². The predicted molar refractivity (Wildman–Crippen MR) is 119 cm³/mol. The Hall–Kier alpha value is -4.52. The number of carboxylic acids is 1. The molecule has 36 heavy (non-hydrogen) atoms. The van der Waals surface area contributed by atoms with Crippen LogP contribution in [-0.4, -0.2) is 36.0 Å². The summed E-state index contributed by atoms with van der Waals surface area (Å²) < 4.78 is 46.1. The van der Waals surface area contributed by atoms with Crippen molar-refractivity contribution >= 4 is 23.3 Å².